The molecule has 2 unspecified atom stereocenters. The van der Waals surface area contributed by atoms with Crippen LogP contribution in [-0.4, -0.2) is 16.9 Å². The van der Waals surface area contributed by atoms with Crippen molar-refractivity contribution in [3.8, 4) is 11.1 Å². The summed E-state index contributed by atoms with van der Waals surface area (Å²) in [7, 11) is 0. The molecule has 6 heterocycles. The molecular formula is C44H37BN2OS. The van der Waals surface area contributed by atoms with Crippen molar-refractivity contribution in [2.24, 2.45) is 0 Å². The molecule has 238 valence electrons. The highest BCUT2D eigenvalue weighted by Crippen LogP contribution is 2.62. The van der Waals surface area contributed by atoms with E-state index in [1.54, 1.807) is 5.56 Å². The minimum atomic E-state index is -0.00889. The van der Waals surface area contributed by atoms with E-state index in [1.165, 1.54) is 119 Å². The van der Waals surface area contributed by atoms with Gasteiger partial charge in [-0.05, 0) is 72.9 Å². The van der Waals surface area contributed by atoms with Crippen LogP contribution in [0, 0.1) is 0 Å². The van der Waals surface area contributed by atoms with Crippen molar-refractivity contribution >= 4 is 93.6 Å². The Kier molecular flexibility index (Phi) is 5.02. The van der Waals surface area contributed by atoms with E-state index in [1.807, 2.05) is 11.3 Å². The fraction of sp³-hybridized carbons (Fsp3) is 0.273. The number of furan rings is 1. The van der Waals surface area contributed by atoms with Gasteiger partial charge in [-0.25, -0.2) is 0 Å². The molecule has 8 aromatic rings. The summed E-state index contributed by atoms with van der Waals surface area (Å²) in [4.78, 5) is 2.87. The van der Waals surface area contributed by atoms with Crippen LogP contribution in [0.3, 0.4) is 0 Å². The molecule has 0 bridgehead atoms. The van der Waals surface area contributed by atoms with E-state index in [0.29, 0.717) is 0 Å². The van der Waals surface area contributed by atoms with Gasteiger partial charge in [0.2, 0.25) is 0 Å². The lowest BCUT2D eigenvalue weighted by atomic mass is 9.44. The number of para-hydroxylation sites is 2. The fourth-order valence-electron chi connectivity index (χ4n) is 11.1. The number of thiophene rings is 1. The predicted molar refractivity (Wildman–Crippen MR) is 209 cm³/mol. The number of anilines is 2. The highest BCUT2D eigenvalue weighted by atomic mass is 32.1. The van der Waals surface area contributed by atoms with Gasteiger partial charge in [-0.15, -0.1) is 11.3 Å². The summed E-state index contributed by atoms with van der Waals surface area (Å²) in [5.41, 5.74) is 16.4. The molecule has 0 radical (unpaired) electrons. The number of hydrogen-bond acceptors (Lipinski definition) is 3. The van der Waals surface area contributed by atoms with Crippen LogP contribution in [0.25, 0.3) is 64.3 Å². The maximum Gasteiger partial charge on any atom is 0.333 e. The van der Waals surface area contributed by atoms with Gasteiger partial charge in [0.15, 0.2) is 0 Å². The standard InChI is InChI=1S/C44H37BN2OS/c1-4-5-13-25-22-31-40-32(23-25)45-37-33(46(40)44(3)21-11-10-20-43(31,44)2)24-30-26-14-6-8-18-34(26)48-41(30)36(37)28-16-12-17-29-38(28)47(45)39-27-15-7-9-19-35(27)49-42(29)39/h6-9,12,14-19,22-24H,4-5,10-11,13,20-21H2,1-3H3. The van der Waals surface area contributed by atoms with Crippen LogP contribution in [-0.2, 0) is 11.8 Å². The fourth-order valence-corrected chi connectivity index (χ4v) is 12.3. The Morgan fingerprint density at radius 2 is 1.65 bits per heavy atom. The van der Waals surface area contributed by atoms with Gasteiger partial charge in [0.05, 0.1) is 15.8 Å². The first-order valence-electron chi connectivity index (χ1n) is 18.4. The van der Waals surface area contributed by atoms with Crippen molar-refractivity contribution in [3.63, 3.8) is 0 Å². The maximum atomic E-state index is 6.97. The van der Waals surface area contributed by atoms with E-state index in [0.717, 1.165) is 17.6 Å². The molecule has 4 aliphatic rings. The molecule has 49 heavy (non-hydrogen) atoms. The summed E-state index contributed by atoms with van der Waals surface area (Å²) in [6.07, 6.45) is 8.58. The van der Waals surface area contributed by atoms with Gasteiger partial charge in [-0.1, -0.05) is 99.8 Å². The summed E-state index contributed by atoms with van der Waals surface area (Å²) in [5.74, 6) is 0. The third-order valence-corrected chi connectivity index (χ3v) is 14.7. The van der Waals surface area contributed by atoms with Gasteiger partial charge in [0, 0.05) is 59.7 Å². The van der Waals surface area contributed by atoms with Gasteiger partial charge in [-0.3, -0.25) is 0 Å². The second kappa shape index (κ2) is 9.00. The monoisotopic (exact) mass is 652 g/mol. The Morgan fingerprint density at radius 3 is 2.55 bits per heavy atom. The molecule has 0 saturated heterocycles. The highest BCUT2D eigenvalue weighted by Gasteiger charge is 2.61. The van der Waals surface area contributed by atoms with E-state index < -0.39 is 0 Å². The van der Waals surface area contributed by atoms with Crippen molar-refractivity contribution in [1.82, 2.24) is 4.48 Å². The van der Waals surface area contributed by atoms with Crippen molar-refractivity contribution < 1.29 is 4.42 Å². The predicted octanol–water partition coefficient (Wildman–Crippen LogP) is 10.9. The van der Waals surface area contributed by atoms with E-state index in [-0.39, 0.29) is 17.8 Å². The maximum absolute atomic E-state index is 6.97. The number of nitrogens with zero attached hydrogens (tertiary/aromatic N) is 2. The van der Waals surface area contributed by atoms with Crippen LogP contribution >= 0.6 is 11.3 Å². The molecular weight excluding hydrogens is 615 g/mol. The molecule has 1 saturated carbocycles. The average molecular weight is 653 g/mol. The van der Waals surface area contributed by atoms with Crippen LogP contribution in [0.2, 0.25) is 0 Å². The molecule has 5 aromatic carbocycles. The van der Waals surface area contributed by atoms with Crippen LogP contribution in [0.15, 0.2) is 89.3 Å². The molecule has 1 aliphatic carbocycles. The molecule has 0 amide bonds. The molecule has 0 N–H and O–H groups in total. The van der Waals surface area contributed by atoms with Crippen molar-refractivity contribution in [3.05, 3.63) is 96.1 Å². The van der Waals surface area contributed by atoms with Crippen molar-refractivity contribution in [2.75, 3.05) is 4.90 Å². The molecule has 0 spiro atoms. The van der Waals surface area contributed by atoms with Gasteiger partial charge < -0.3 is 13.8 Å². The Labute approximate surface area is 290 Å². The normalized spacial score (nSPS) is 21.8. The van der Waals surface area contributed by atoms with Crippen molar-refractivity contribution in [1.29, 1.82) is 0 Å². The summed E-state index contributed by atoms with van der Waals surface area (Å²) in [5, 5.41) is 5.19. The lowest BCUT2D eigenvalue weighted by molar-refractivity contribution is 0.195. The Bertz CT molecular complexity index is 2780. The lowest BCUT2D eigenvalue weighted by Gasteiger charge is -2.52. The second-order valence-corrected chi connectivity index (χ2v) is 16.8. The van der Waals surface area contributed by atoms with E-state index in [9.17, 15) is 0 Å². The smallest absolute Gasteiger partial charge is 0.333 e. The zero-order valence-electron chi connectivity index (χ0n) is 28.3. The summed E-state index contributed by atoms with van der Waals surface area (Å²) < 4.78 is 12.5. The van der Waals surface area contributed by atoms with E-state index in [2.05, 4.69) is 115 Å². The number of aromatic nitrogens is 1. The van der Waals surface area contributed by atoms with Gasteiger partial charge in [0.25, 0.3) is 0 Å². The topological polar surface area (TPSA) is 21.3 Å². The lowest BCUT2D eigenvalue weighted by Crippen LogP contribution is -2.61. The van der Waals surface area contributed by atoms with E-state index in [4.69, 9.17) is 4.42 Å². The molecule has 3 aromatic heterocycles. The minimum Gasteiger partial charge on any atom is -0.455 e. The molecule has 5 heteroatoms. The Balaban J connectivity index is 1.33. The van der Waals surface area contributed by atoms with E-state index >= 15 is 0 Å². The third kappa shape index (κ3) is 3.02. The van der Waals surface area contributed by atoms with Gasteiger partial charge in [-0.2, -0.15) is 0 Å². The number of benzene rings is 5. The van der Waals surface area contributed by atoms with Crippen LogP contribution < -0.4 is 15.8 Å². The summed E-state index contributed by atoms with van der Waals surface area (Å²) >= 11 is 1.96. The zero-order chi connectivity index (χ0) is 32.4. The quantitative estimate of drug-likeness (QED) is 0.177. The van der Waals surface area contributed by atoms with Crippen LogP contribution in [0.5, 0.6) is 0 Å². The third-order valence-electron chi connectivity index (χ3n) is 13.5. The number of rotatable bonds is 3. The summed E-state index contributed by atoms with van der Waals surface area (Å²) in [6, 6.07) is 32.6. The van der Waals surface area contributed by atoms with Crippen LogP contribution in [0.4, 0.5) is 11.4 Å². The Hall–Kier alpha value is -4.48. The first kappa shape index (κ1) is 27.4. The first-order chi connectivity index (χ1) is 24.0. The van der Waals surface area contributed by atoms with Gasteiger partial charge >= 0.3 is 6.85 Å². The van der Waals surface area contributed by atoms with Crippen LogP contribution in [0.1, 0.15) is 70.4 Å². The largest absolute Gasteiger partial charge is 0.455 e. The van der Waals surface area contributed by atoms with Gasteiger partial charge in [0.1, 0.15) is 11.2 Å². The molecule has 3 aliphatic heterocycles. The second-order valence-electron chi connectivity index (χ2n) is 15.7. The number of unbranched alkanes of at least 4 members (excludes halogenated alkanes) is 1. The van der Waals surface area contributed by atoms with Crippen molar-refractivity contribution in [2.45, 2.75) is 76.7 Å². The highest BCUT2D eigenvalue weighted by molar-refractivity contribution is 7.27. The SMILES string of the molecule is CCCCc1cc2c3c(c1)C1(C)CCCCC1(C)N3c1cc3c(oc4ccccc43)c3c1B2n1c2c-3cccc2c2sc3ccccc3c21. The molecule has 12 rings (SSSR count). The number of aryl methyl sites for hydroxylation is 1. The number of hydrogen-bond donors (Lipinski definition) is 0. The average Bonchev–Trinajstić information content (AvgIpc) is 3.83. The zero-order valence-corrected chi connectivity index (χ0v) is 29.1. The Morgan fingerprint density at radius 1 is 0.837 bits per heavy atom. The summed E-state index contributed by atoms with van der Waals surface area (Å²) in [6.45, 7) is 7.60. The number of fused-ring (bicyclic) bond motifs is 16. The molecule has 3 nitrogen and oxygen atoms in total. The first-order valence-corrected chi connectivity index (χ1v) is 19.2. The minimum absolute atomic E-state index is 0.00889. The molecule has 2 atom stereocenters. The molecule has 1 fully saturated rings.